The van der Waals surface area contributed by atoms with Crippen LogP contribution in [0.15, 0.2) is 58.3 Å². The van der Waals surface area contributed by atoms with Crippen LogP contribution in [0.5, 0.6) is 0 Å². The highest BCUT2D eigenvalue weighted by Gasteiger charge is 2.36. The summed E-state index contributed by atoms with van der Waals surface area (Å²) >= 11 is 3.21. The number of thiophene rings is 2. The van der Waals surface area contributed by atoms with Crippen LogP contribution in [0.1, 0.15) is 38.1 Å². The lowest BCUT2D eigenvalue weighted by Crippen LogP contribution is -2.46. The minimum atomic E-state index is -0.483. The molecule has 3 aromatic rings. The summed E-state index contributed by atoms with van der Waals surface area (Å²) in [7, 11) is 0. The van der Waals surface area contributed by atoms with Crippen molar-refractivity contribution in [2.75, 3.05) is 45.9 Å². The van der Waals surface area contributed by atoms with E-state index in [1.807, 2.05) is 35.9 Å². The Balaban J connectivity index is 1.39. The zero-order chi connectivity index (χ0) is 25.8. The lowest BCUT2D eigenvalue weighted by Gasteiger charge is -2.31. The fourth-order valence-electron chi connectivity index (χ4n) is 4.64. The van der Waals surface area contributed by atoms with Crippen molar-refractivity contribution in [3.8, 4) is 0 Å². The maximum absolute atomic E-state index is 13.9. The van der Waals surface area contributed by atoms with Gasteiger partial charge in [0.25, 0.3) is 11.8 Å². The molecule has 0 N–H and O–H groups in total. The van der Waals surface area contributed by atoms with E-state index in [9.17, 15) is 14.0 Å². The molecule has 1 aromatic carbocycles. The molecule has 0 spiro atoms. The fourth-order valence-corrected chi connectivity index (χ4v) is 6.38. The van der Waals surface area contributed by atoms with Gasteiger partial charge < -0.3 is 9.64 Å². The van der Waals surface area contributed by atoms with Crippen LogP contribution in [-0.4, -0.2) is 78.3 Å². The summed E-state index contributed by atoms with van der Waals surface area (Å²) in [6, 6.07) is 11.4. The number of nitrogens with zero attached hydrogens (tertiary/aromatic N) is 4. The van der Waals surface area contributed by atoms with Crippen molar-refractivity contribution in [1.82, 2.24) is 14.8 Å². The molecule has 194 valence electrons. The van der Waals surface area contributed by atoms with Crippen molar-refractivity contribution in [2.24, 2.45) is 5.10 Å². The first-order valence-corrected chi connectivity index (χ1v) is 14.1. The van der Waals surface area contributed by atoms with Gasteiger partial charge in [0.1, 0.15) is 12.4 Å². The molecule has 0 unspecified atom stereocenters. The summed E-state index contributed by atoms with van der Waals surface area (Å²) in [5.41, 5.74) is 2.22. The molecule has 0 bridgehead atoms. The number of ether oxygens (including phenoxy) is 1. The van der Waals surface area contributed by atoms with Crippen LogP contribution in [0.4, 0.5) is 4.39 Å². The molecule has 1 atom stereocenters. The number of halogens is 1. The summed E-state index contributed by atoms with van der Waals surface area (Å²) in [4.78, 5) is 33.1. The molecule has 2 amide bonds. The molecule has 2 aliphatic rings. The maximum atomic E-state index is 13.9. The number of aryl methyl sites for hydroxylation is 1. The average molecular weight is 541 g/mol. The monoisotopic (exact) mass is 540 g/mol. The van der Waals surface area contributed by atoms with Crippen LogP contribution < -0.4 is 0 Å². The minimum Gasteiger partial charge on any atom is -0.379 e. The van der Waals surface area contributed by atoms with Gasteiger partial charge in [-0.2, -0.15) is 5.10 Å². The Hall–Kier alpha value is -2.92. The summed E-state index contributed by atoms with van der Waals surface area (Å²) in [6.07, 6.45) is 0.624. The molecule has 1 fully saturated rings. The van der Waals surface area contributed by atoms with Gasteiger partial charge in [0, 0.05) is 43.0 Å². The number of amides is 2. The molecule has 2 aromatic heterocycles. The number of carbonyl (C=O) groups is 2. The predicted molar refractivity (Wildman–Crippen MR) is 144 cm³/mol. The van der Waals surface area contributed by atoms with Crippen molar-refractivity contribution in [3.63, 3.8) is 0 Å². The molecule has 0 radical (unpaired) electrons. The summed E-state index contributed by atoms with van der Waals surface area (Å²) in [5, 5.41) is 10.3. The van der Waals surface area contributed by atoms with Gasteiger partial charge in [-0.3, -0.25) is 14.5 Å². The number of hydrazone groups is 1. The molecule has 1 saturated heterocycles. The standard InChI is InChI=1S/C27H29FN4O3S2/c1-19-7-15-37-26(19)23-17-22(24-6-3-14-36-24)29-32(23)25(33)18-31(9-8-30-10-12-35-13-11-30)27(34)20-4-2-5-21(28)16-20/h2-7,14-16,23H,8-13,17-18H2,1H3/t23-/m0/s1. The van der Waals surface area contributed by atoms with Gasteiger partial charge >= 0.3 is 0 Å². The van der Waals surface area contributed by atoms with Gasteiger partial charge in [0.15, 0.2) is 0 Å². The van der Waals surface area contributed by atoms with Crippen LogP contribution in [-0.2, 0) is 9.53 Å². The van der Waals surface area contributed by atoms with Gasteiger partial charge in [-0.25, -0.2) is 9.40 Å². The van der Waals surface area contributed by atoms with Crippen molar-refractivity contribution >= 4 is 40.2 Å². The van der Waals surface area contributed by atoms with E-state index < -0.39 is 5.82 Å². The molecule has 4 heterocycles. The Labute approximate surface area is 223 Å². The predicted octanol–water partition coefficient (Wildman–Crippen LogP) is 4.41. The number of benzene rings is 1. The van der Waals surface area contributed by atoms with Crippen LogP contribution in [0.25, 0.3) is 0 Å². The average Bonchev–Trinajstić information content (AvgIpc) is 3.67. The Morgan fingerprint density at radius 1 is 1.14 bits per heavy atom. The topological polar surface area (TPSA) is 65.5 Å². The second-order valence-electron chi connectivity index (χ2n) is 9.14. The summed E-state index contributed by atoms with van der Waals surface area (Å²) in [6.45, 7) is 5.70. The van der Waals surface area contributed by atoms with Crippen molar-refractivity contribution in [1.29, 1.82) is 0 Å². The molecule has 10 heteroatoms. The maximum Gasteiger partial charge on any atom is 0.262 e. The quantitative estimate of drug-likeness (QED) is 0.425. The van der Waals surface area contributed by atoms with Gasteiger partial charge in [0.2, 0.25) is 0 Å². The highest BCUT2D eigenvalue weighted by molar-refractivity contribution is 7.12. The first kappa shape index (κ1) is 25.7. The molecule has 37 heavy (non-hydrogen) atoms. The Kier molecular flexibility index (Phi) is 8.09. The van der Waals surface area contributed by atoms with E-state index in [2.05, 4.69) is 4.90 Å². The van der Waals surface area contributed by atoms with E-state index in [4.69, 9.17) is 9.84 Å². The number of rotatable bonds is 8. The highest BCUT2D eigenvalue weighted by atomic mass is 32.1. The van der Waals surface area contributed by atoms with Crippen molar-refractivity contribution in [2.45, 2.75) is 19.4 Å². The molecule has 7 nitrogen and oxygen atoms in total. The summed E-state index contributed by atoms with van der Waals surface area (Å²) in [5.74, 6) is -1.11. The third-order valence-corrected chi connectivity index (χ3v) is 8.69. The molecule has 0 aliphatic carbocycles. The third kappa shape index (κ3) is 5.98. The molecular weight excluding hydrogens is 511 g/mol. The zero-order valence-electron chi connectivity index (χ0n) is 20.6. The molecule has 0 saturated carbocycles. The third-order valence-electron chi connectivity index (χ3n) is 6.65. The molecule has 2 aliphatic heterocycles. The van der Waals surface area contributed by atoms with Crippen molar-refractivity contribution in [3.05, 3.63) is 79.9 Å². The van der Waals surface area contributed by atoms with E-state index in [-0.39, 0.29) is 30.0 Å². The van der Waals surface area contributed by atoms with Crippen LogP contribution in [0, 0.1) is 12.7 Å². The minimum absolute atomic E-state index is 0.137. The second-order valence-corrected chi connectivity index (χ2v) is 11.0. The van der Waals surface area contributed by atoms with Crippen molar-refractivity contribution < 1.29 is 18.7 Å². The number of carbonyl (C=O) groups excluding carboxylic acids is 2. The molecule has 5 rings (SSSR count). The Morgan fingerprint density at radius 3 is 2.68 bits per heavy atom. The van der Waals surface area contributed by atoms with Gasteiger partial charge in [-0.15, -0.1) is 22.7 Å². The highest BCUT2D eigenvalue weighted by Crippen LogP contribution is 2.38. The van der Waals surface area contributed by atoms with Gasteiger partial charge in [0.05, 0.1) is 29.8 Å². The largest absolute Gasteiger partial charge is 0.379 e. The number of morpholine rings is 1. The second kappa shape index (κ2) is 11.6. The lowest BCUT2D eigenvalue weighted by molar-refractivity contribution is -0.133. The van der Waals surface area contributed by atoms with Gasteiger partial charge in [-0.05, 0) is 53.6 Å². The number of hydrogen-bond donors (Lipinski definition) is 0. The van der Waals surface area contributed by atoms with E-state index >= 15 is 0 Å². The smallest absolute Gasteiger partial charge is 0.262 e. The van der Waals surface area contributed by atoms with E-state index in [0.717, 1.165) is 34.1 Å². The van der Waals surface area contributed by atoms with Crippen LogP contribution in [0.3, 0.4) is 0 Å². The lowest BCUT2D eigenvalue weighted by atomic mass is 10.1. The Morgan fingerprint density at radius 2 is 1.97 bits per heavy atom. The fraction of sp³-hybridized carbons (Fsp3) is 0.370. The van der Waals surface area contributed by atoms with Crippen LogP contribution in [0.2, 0.25) is 0 Å². The van der Waals surface area contributed by atoms with Crippen LogP contribution >= 0.6 is 22.7 Å². The summed E-state index contributed by atoms with van der Waals surface area (Å²) < 4.78 is 19.3. The van der Waals surface area contributed by atoms with E-state index in [1.54, 1.807) is 33.7 Å². The van der Waals surface area contributed by atoms with E-state index in [0.29, 0.717) is 32.7 Å². The molecular formula is C27H29FN4O3S2. The number of hydrogen-bond acceptors (Lipinski definition) is 7. The Bertz CT molecular complexity index is 1270. The van der Waals surface area contributed by atoms with E-state index in [1.165, 1.54) is 23.1 Å². The SMILES string of the molecule is Cc1ccsc1[C@@H]1CC(c2cccs2)=NN1C(=O)CN(CCN1CCOCC1)C(=O)c1cccc(F)c1. The van der Waals surface area contributed by atoms with Gasteiger partial charge in [-0.1, -0.05) is 12.1 Å². The normalized spacial score (nSPS) is 18.2. The zero-order valence-corrected chi connectivity index (χ0v) is 22.3. The first-order chi connectivity index (χ1) is 18.0. The first-order valence-electron chi connectivity index (χ1n) is 12.3.